The number of nitrogens with zero attached hydrogens (tertiary/aromatic N) is 2. The number of amides is 2. The molecule has 0 fully saturated rings. The average Bonchev–Trinajstić information content (AvgIpc) is 3.34. The summed E-state index contributed by atoms with van der Waals surface area (Å²) in [5.41, 5.74) is 2.88. The molecule has 3 aromatic carbocycles. The summed E-state index contributed by atoms with van der Waals surface area (Å²) in [6.45, 7) is 2.90. The van der Waals surface area contributed by atoms with Gasteiger partial charge < -0.3 is 9.64 Å². The molecule has 2 heterocycles. The van der Waals surface area contributed by atoms with Crippen molar-refractivity contribution in [3.63, 3.8) is 0 Å². The van der Waals surface area contributed by atoms with Crippen molar-refractivity contribution in [2.75, 3.05) is 23.0 Å². The van der Waals surface area contributed by atoms with Crippen LogP contribution in [-0.2, 0) is 16.0 Å². The SMILES string of the molecule is CCOc1ccc(C2=C(N3CCc4ccccc43)C(=O)N(c3ccc(F)c(F)c3)C2=O)cc1. The van der Waals surface area contributed by atoms with Crippen LogP contribution in [0.3, 0.4) is 0 Å². The third-order valence-electron chi connectivity index (χ3n) is 5.83. The molecule has 33 heavy (non-hydrogen) atoms. The second-order valence-corrected chi connectivity index (χ2v) is 7.76. The number of carbonyl (C=O) groups excluding carboxylic acids is 2. The van der Waals surface area contributed by atoms with Crippen LogP contribution in [0.2, 0.25) is 0 Å². The van der Waals surface area contributed by atoms with Gasteiger partial charge in [-0.05, 0) is 54.8 Å². The maximum Gasteiger partial charge on any atom is 0.282 e. The predicted molar refractivity (Wildman–Crippen MR) is 121 cm³/mol. The number of para-hydroxylation sites is 1. The molecule has 0 N–H and O–H groups in total. The number of carbonyl (C=O) groups is 2. The summed E-state index contributed by atoms with van der Waals surface area (Å²) in [6, 6.07) is 17.6. The van der Waals surface area contributed by atoms with E-state index in [0.29, 0.717) is 24.5 Å². The summed E-state index contributed by atoms with van der Waals surface area (Å²) < 4.78 is 33.0. The third-order valence-corrected chi connectivity index (χ3v) is 5.83. The molecular formula is C26H20F2N2O3. The fourth-order valence-electron chi connectivity index (χ4n) is 4.34. The highest BCUT2D eigenvalue weighted by Gasteiger charge is 2.44. The van der Waals surface area contributed by atoms with Gasteiger partial charge in [-0.2, -0.15) is 0 Å². The average molecular weight is 446 g/mol. The van der Waals surface area contributed by atoms with E-state index in [1.165, 1.54) is 6.07 Å². The number of rotatable bonds is 5. The fourth-order valence-corrected chi connectivity index (χ4v) is 4.34. The van der Waals surface area contributed by atoms with Gasteiger partial charge in [-0.1, -0.05) is 30.3 Å². The molecule has 0 aliphatic carbocycles. The third kappa shape index (κ3) is 3.46. The van der Waals surface area contributed by atoms with E-state index in [1.54, 1.807) is 24.3 Å². The second-order valence-electron chi connectivity index (χ2n) is 7.76. The van der Waals surface area contributed by atoms with E-state index in [4.69, 9.17) is 4.74 Å². The van der Waals surface area contributed by atoms with E-state index in [-0.39, 0.29) is 17.0 Å². The molecule has 0 saturated heterocycles. The number of halogens is 2. The predicted octanol–water partition coefficient (Wildman–Crippen LogP) is 4.71. The number of benzene rings is 3. The van der Waals surface area contributed by atoms with Gasteiger partial charge in [0.25, 0.3) is 11.8 Å². The van der Waals surface area contributed by atoms with E-state index in [0.717, 1.165) is 34.7 Å². The van der Waals surface area contributed by atoms with Crippen LogP contribution in [0.1, 0.15) is 18.1 Å². The van der Waals surface area contributed by atoms with Gasteiger partial charge in [0.05, 0.1) is 17.9 Å². The number of imide groups is 1. The molecule has 5 nitrogen and oxygen atoms in total. The molecule has 3 aromatic rings. The normalized spacial score (nSPS) is 15.5. The summed E-state index contributed by atoms with van der Waals surface area (Å²) in [5, 5.41) is 0. The number of ether oxygens (including phenoxy) is 1. The molecule has 2 aliphatic heterocycles. The Morgan fingerprint density at radius 3 is 2.39 bits per heavy atom. The first-order valence-corrected chi connectivity index (χ1v) is 10.7. The lowest BCUT2D eigenvalue weighted by atomic mass is 10.0. The number of fused-ring (bicyclic) bond motifs is 1. The van der Waals surface area contributed by atoms with Crippen LogP contribution in [0.5, 0.6) is 5.75 Å². The minimum absolute atomic E-state index is 0.0187. The first-order chi connectivity index (χ1) is 16.0. The van der Waals surface area contributed by atoms with Crippen LogP contribution in [0.25, 0.3) is 5.57 Å². The summed E-state index contributed by atoms with van der Waals surface area (Å²) >= 11 is 0. The second kappa shape index (κ2) is 8.16. The summed E-state index contributed by atoms with van der Waals surface area (Å²) in [4.78, 5) is 29.9. The molecule has 0 unspecified atom stereocenters. The molecule has 0 saturated carbocycles. The zero-order chi connectivity index (χ0) is 23.1. The molecular weight excluding hydrogens is 426 g/mol. The standard InChI is InChI=1S/C26H20F2N2O3/c1-2-33-19-10-7-17(8-11-19)23-24(29-14-13-16-5-3-4-6-22(16)29)26(32)30(25(23)31)18-9-12-20(27)21(28)15-18/h3-12,15H,2,13-14H2,1H3. The minimum atomic E-state index is -1.13. The molecule has 0 atom stereocenters. The summed E-state index contributed by atoms with van der Waals surface area (Å²) in [7, 11) is 0. The highest BCUT2D eigenvalue weighted by Crippen LogP contribution is 2.40. The first kappa shape index (κ1) is 20.9. The Labute approximate surface area is 189 Å². The zero-order valence-corrected chi connectivity index (χ0v) is 17.8. The highest BCUT2D eigenvalue weighted by molar-refractivity contribution is 6.46. The molecule has 7 heteroatoms. The van der Waals surface area contributed by atoms with E-state index in [1.807, 2.05) is 36.1 Å². The van der Waals surface area contributed by atoms with Crippen molar-refractivity contribution >= 4 is 28.8 Å². The Kier molecular flexibility index (Phi) is 5.17. The van der Waals surface area contributed by atoms with Gasteiger partial charge in [-0.15, -0.1) is 0 Å². The smallest absolute Gasteiger partial charge is 0.282 e. The lowest BCUT2D eigenvalue weighted by Gasteiger charge is -2.22. The van der Waals surface area contributed by atoms with Crippen molar-refractivity contribution in [1.82, 2.24) is 0 Å². The van der Waals surface area contributed by atoms with Gasteiger partial charge in [0.2, 0.25) is 0 Å². The van der Waals surface area contributed by atoms with Crippen LogP contribution in [0, 0.1) is 11.6 Å². The van der Waals surface area contributed by atoms with Gasteiger partial charge in [-0.25, -0.2) is 13.7 Å². The maximum absolute atomic E-state index is 14.0. The summed E-state index contributed by atoms with van der Waals surface area (Å²) in [5.74, 6) is -2.70. The summed E-state index contributed by atoms with van der Waals surface area (Å²) in [6.07, 6.45) is 0.725. The van der Waals surface area contributed by atoms with Crippen LogP contribution in [-0.4, -0.2) is 25.0 Å². The van der Waals surface area contributed by atoms with E-state index in [9.17, 15) is 18.4 Å². The lowest BCUT2D eigenvalue weighted by molar-refractivity contribution is -0.120. The highest BCUT2D eigenvalue weighted by atomic mass is 19.2. The van der Waals surface area contributed by atoms with Crippen molar-refractivity contribution < 1.29 is 23.1 Å². The van der Waals surface area contributed by atoms with Crippen LogP contribution < -0.4 is 14.5 Å². The van der Waals surface area contributed by atoms with Gasteiger partial charge >= 0.3 is 0 Å². The van der Waals surface area contributed by atoms with Gasteiger partial charge in [0, 0.05) is 18.3 Å². The van der Waals surface area contributed by atoms with Crippen LogP contribution in [0.15, 0.2) is 72.4 Å². The van der Waals surface area contributed by atoms with Crippen molar-refractivity contribution in [1.29, 1.82) is 0 Å². The van der Waals surface area contributed by atoms with Crippen molar-refractivity contribution in [3.8, 4) is 5.75 Å². The maximum atomic E-state index is 14.0. The Balaban J connectivity index is 1.65. The quantitative estimate of drug-likeness (QED) is 0.533. The number of hydrogen-bond donors (Lipinski definition) is 0. The first-order valence-electron chi connectivity index (χ1n) is 10.7. The van der Waals surface area contributed by atoms with Crippen molar-refractivity contribution in [3.05, 3.63) is 95.2 Å². The van der Waals surface area contributed by atoms with Crippen molar-refractivity contribution in [2.24, 2.45) is 0 Å². The van der Waals surface area contributed by atoms with E-state index >= 15 is 0 Å². The fraction of sp³-hybridized carbons (Fsp3) is 0.154. The molecule has 2 amide bonds. The largest absolute Gasteiger partial charge is 0.494 e. The molecule has 0 spiro atoms. The monoisotopic (exact) mass is 446 g/mol. The van der Waals surface area contributed by atoms with Crippen molar-refractivity contribution in [2.45, 2.75) is 13.3 Å². The molecule has 166 valence electrons. The topological polar surface area (TPSA) is 49.9 Å². The molecule has 2 aliphatic rings. The number of hydrogen-bond acceptors (Lipinski definition) is 4. The Morgan fingerprint density at radius 2 is 1.67 bits per heavy atom. The Hall–Kier alpha value is -4.00. The van der Waals surface area contributed by atoms with Gasteiger partial charge in [-0.3, -0.25) is 9.59 Å². The molecule has 0 bridgehead atoms. The molecule has 0 aromatic heterocycles. The van der Waals surface area contributed by atoms with Gasteiger partial charge in [0.15, 0.2) is 11.6 Å². The van der Waals surface area contributed by atoms with E-state index in [2.05, 4.69) is 0 Å². The van der Waals surface area contributed by atoms with Crippen LogP contribution >= 0.6 is 0 Å². The molecule has 0 radical (unpaired) electrons. The van der Waals surface area contributed by atoms with Crippen LogP contribution in [0.4, 0.5) is 20.2 Å². The molecule has 5 rings (SSSR count). The zero-order valence-electron chi connectivity index (χ0n) is 17.8. The minimum Gasteiger partial charge on any atom is -0.494 e. The lowest BCUT2D eigenvalue weighted by Crippen LogP contribution is -2.35. The van der Waals surface area contributed by atoms with Gasteiger partial charge in [0.1, 0.15) is 11.4 Å². The Bertz CT molecular complexity index is 1300. The number of anilines is 2. The van der Waals surface area contributed by atoms with E-state index < -0.39 is 23.4 Å². The Morgan fingerprint density at radius 1 is 0.909 bits per heavy atom.